The predicted molar refractivity (Wildman–Crippen MR) is 151 cm³/mol. The number of carboxylic acid groups (broad SMARTS) is 1. The van der Waals surface area contributed by atoms with Crippen molar-refractivity contribution in [2.24, 2.45) is 0 Å². The summed E-state index contributed by atoms with van der Waals surface area (Å²) in [6.45, 7) is 0.378. The molecule has 1 N–H and O–H groups in total. The molecule has 0 amide bonds. The van der Waals surface area contributed by atoms with Gasteiger partial charge in [0.15, 0.2) is 5.13 Å². The van der Waals surface area contributed by atoms with E-state index in [0.717, 1.165) is 54.6 Å². The molecule has 2 bridgehead atoms. The van der Waals surface area contributed by atoms with Crippen molar-refractivity contribution in [2.75, 3.05) is 4.90 Å². The van der Waals surface area contributed by atoms with Crippen molar-refractivity contribution in [2.45, 2.75) is 62.8 Å². The first-order valence-corrected chi connectivity index (χ1v) is 14.8. The summed E-state index contributed by atoms with van der Waals surface area (Å²) in [4.78, 5) is 18.1. The number of hydrogen-bond donors (Lipinski definition) is 1. The third kappa shape index (κ3) is 4.59. The summed E-state index contributed by atoms with van der Waals surface area (Å²) < 4.78 is 26.8. The number of hydrogen-bond acceptors (Lipinski definition) is 7. The van der Waals surface area contributed by atoms with Crippen LogP contribution in [0.2, 0.25) is 10.0 Å². The fourth-order valence-electron chi connectivity index (χ4n) is 5.88. The maximum atomic E-state index is 14.6. The number of carboxylic acids is 1. The molecular formula is C29H24Cl2FN3O4S. The minimum Gasteiger partial charge on any atom is -0.478 e. The lowest BCUT2D eigenvalue weighted by molar-refractivity contribution is -0.0169. The van der Waals surface area contributed by atoms with Gasteiger partial charge in [-0.05, 0) is 62.4 Å². The van der Waals surface area contributed by atoms with E-state index < -0.39 is 11.8 Å². The summed E-state index contributed by atoms with van der Waals surface area (Å²) in [5, 5.41) is 17.2. The lowest BCUT2D eigenvalue weighted by Crippen LogP contribution is -2.62. The molecule has 2 aromatic heterocycles. The highest BCUT2D eigenvalue weighted by Crippen LogP contribution is 2.48. The Morgan fingerprint density at radius 3 is 2.58 bits per heavy atom. The number of anilines is 1. The summed E-state index contributed by atoms with van der Waals surface area (Å²) in [6, 6.07) is 9.90. The van der Waals surface area contributed by atoms with E-state index in [4.69, 9.17) is 42.6 Å². The highest BCUT2D eigenvalue weighted by Gasteiger charge is 2.47. The van der Waals surface area contributed by atoms with E-state index in [-0.39, 0.29) is 11.7 Å². The second-order valence-electron chi connectivity index (χ2n) is 10.6. The number of aromatic nitrogens is 2. The van der Waals surface area contributed by atoms with E-state index in [1.807, 2.05) is 11.4 Å². The highest BCUT2D eigenvalue weighted by atomic mass is 35.5. The second-order valence-corrected chi connectivity index (χ2v) is 12.3. The summed E-state index contributed by atoms with van der Waals surface area (Å²) in [7, 11) is 0. The molecule has 2 saturated heterocycles. The summed E-state index contributed by atoms with van der Waals surface area (Å²) in [5.74, 6) is -0.523. The number of piperidine rings is 1. The van der Waals surface area contributed by atoms with Crippen LogP contribution in [0.25, 0.3) is 22.5 Å². The van der Waals surface area contributed by atoms with Crippen LogP contribution in [-0.2, 0) is 11.3 Å². The number of carbonyl (C=O) groups is 1. The third-order valence-electron chi connectivity index (χ3n) is 8.04. The fourth-order valence-corrected chi connectivity index (χ4v) is 7.43. The molecule has 2 unspecified atom stereocenters. The fraction of sp³-hybridized carbons (Fsp3) is 0.345. The average molecular weight is 600 g/mol. The molecule has 4 fully saturated rings. The van der Waals surface area contributed by atoms with Crippen LogP contribution in [0.5, 0.6) is 0 Å². The van der Waals surface area contributed by atoms with Crippen molar-refractivity contribution in [3.05, 3.63) is 74.5 Å². The molecule has 0 radical (unpaired) electrons. The Morgan fingerprint density at radius 1 is 1.15 bits per heavy atom. The van der Waals surface area contributed by atoms with Crippen molar-refractivity contribution < 1.29 is 23.6 Å². The van der Waals surface area contributed by atoms with Crippen LogP contribution in [0.4, 0.5) is 9.52 Å². The number of rotatable bonds is 8. The first kappa shape index (κ1) is 26.0. The smallest absolute Gasteiger partial charge is 0.335 e. The molecule has 2 saturated carbocycles. The molecular weight excluding hydrogens is 576 g/mol. The molecule has 7 nitrogen and oxygen atoms in total. The van der Waals surface area contributed by atoms with E-state index >= 15 is 0 Å². The van der Waals surface area contributed by atoms with Gasteiger partial charge in [0, 0.05) is 40.1 Å². The van der Waals surface area contributed by atoms with Crippen LogP contribution in [0.3, 0.4) is 0 Å². The Hall–Kier alpha value is -2.98. The molecule has 0 spiro atoms. The molecule has 40 heavy (non-hydrogen) atoms. The molecule has 4 heterocycles. The van der Waals surface area contributed by atoms with E-state index in [1.165, 1.54) is 23.5 Å². The monoisotopic (exact) mass is 599 g/mol. The van der Waals surface area contributed by atoms with Gasteiger partial charge in [-0.2, -0.15) is 0 Å². The minimum atomic E-state index is -1.16. The van der Waals surface area contributed by atoms with E-state index in [0.29, 0.717) is 57.2 Å². The van der Waals surface area contributed by atoms with Crippen LogP contribution in [-0.4, -0.2) is 39.4 Å². The van der Waals surface area contributed by atoms with Crippen molar-refractivity contribution >= 4 is 45.6 Å². The average Bonchev–Trinajstić information content (AvgIpc) is 3.52. The summed E-state index contributed by atoms with van der Waals surface area (Å²) >= 11 is 14.5. The molecule has 2 aliphatic heterocycles. The Kier molecular flexibility index (Phi) is 6.58. The van der Waals surface area contributed by atoms with E-state index in [1.54, 1.807) is 12.1 Å². The van der Waals surface area contributed by atoms with Crippen molar-refractivity contribution in [1.82, 2.24) is 10.1 Å². The van der Waals surface area contributed by atoms with Gasteiger partial charge < -0.3 is 19.3 Å². The van der Waals surface area contributed by atoms with Gasteiger partial charge in [-0.3, -0.25) is 0 Å². The molecule has 4 aliphatic rings. The maximum absolute atomic E-state index is 14.6. The Balaban J connectivity index is 1.05. The molecule has 206 valence electrons. The van der Waals surface area contributed by atoms with Crippen molar-refractivity contribution in [3.63, 3.8) is 0 Å². The summed E-state index contributed by atoms with van der Waals surface area (Å²) in [5.41, 5.74) is 2.98. The summed E-state index contributed by atoms with van der Waals surface area (Å²) in [6.07, 6.45) is 5.01. The topological polar surface area (TPSA) is 88.7 Å². The van der Waals surface area contributed by atoms with Crippen LogP contribution in [0, 0.1) is 5.82 Å². The molecule has 11 heteroatoms. The van der Waals surface area contributed by atoms with Gasteiger partial charge in [-0.1, -0.05) is 34.4 Å². The highest BCUT2D eigenvalue weighted by molar-refractivity contribution is 7.14. The van der Waals surface area contributed by atoms with Crippen LogP contribution in [0.1, 0.15) is 59.7 Å². The van der Waals surface area contributed by atoms with Gasteiger partial charge in [0.25, 0.3) is 0 Å². The van der Waals surface area contributed by atoms with Crippen LogP contribution in [0.15, 0.2) is 46.3 Å². The van der Waals surface area contributed by atoms with Gasteiger partial charge in [0.2, 0.25) is 0 Å². The molecule has 4 aromatic rings. The van der Waals surface area contributed by atoms with Crippen LogP contribution >= 0.6 is 34.5 Å². The Morgan fingerprint density at radius 2 is 1.90 bits per heavy atom. The van der Waals surface area contributed by atoms with Gasteiger partial charge in [0.05, 0.1) is 34.0 Å². The minimum absolute atomic E-state index is 0.0805. The molecule has 2 aromatic carbocycles. The van der Waals surface area contributed by atoms with Crippen molar-refractivity contribution in [1.29, 1.82) is 0 Å². The van der Waals surface area contributed by atoms with Gasteiger partial charge in [-0.15, -0.1) is 11.3 Å². The largest absolute Gasteiger partial charge is 0.478 e. The molecule has 8 rings (SSSR count). The SMILES string of the molecule is O=C(O)c1ccc(-c2csc(N3C4CC(OCc5c(-c6c(Cl)cccc6Cl)noc5C5CC5)C[C@H]3C4)n2)c(F)c1. The number of ether oxygens (including phenoxy) is 1. The first-order valence-electron chi connectivity index (χ1n) is 13.2. The zero-order valence-corrected chi connectivity index (χ0v) is 23.5. The lowest BCUT2D eigenvalue weighted by Gasteiger charge is -2.55. The van der Waals surface area contributed by atoms with Crippen LogP contribution < -0.4 is 4.90 Å². The number of nitrogens with zero attached hydrogens (tertiary/aromatic N) is 3. The normalized spacial score (nSPS) is 21.9. The maximum Gasteiger partial charge on any atom is 0.335 e. The lowest BCUT2D eigenvalue weighted by atomic mass is 9.78. The number of benzene rings is 2. The molecule has 3 atom stereocenters. The van der Waals surface area contributed by atoms with Gasteiger partial charge in [-0.25, -0.2) is 14.2 Å². The number of thiazole rings is 1. The number of fused-ring (bicyclic) bond motifs is 2. The van der Waals surface area contributed by atoms with Gasteiger partial charge >= 0.3 is 5.97 Å². The zero-order valence-electron chi connectivity index (χ0n) is 21.1. The first-order chi connectivity index (χ1) is 19.4. The van der Waals surface area contributed by atoms with E-state index in [9.17, 15) is 9.18 Å². The second kappa shape index (κ2) is 10.1. The number of aromatic carboxylic acids is 1. The zero-order chi connectivity index (χ0) is 27.5. The van der Waals surface area contributed by atoms with Crippen molar-refractivity contribution in [3.8, 4) is 22.5 Å². The number of halogens is 3. The Labute approximate surface area is 243 Å². The third-order valence-corrected chi connectivity index (χ3v) is 9.52. The quantitative estimate of drug-likeness (QED) is 0.221. The Bertz CT molecular complexity index is 1590. The molecule has 2 aliphatic carbocycles. The predicted octanol–water partition coefficient (Wildman–Crippen LogP) is 7.81. The van der Waals surface area contributed by atoms with Gasteiger partial charge in [0.1, 0.15) is 17.3 Å². The standard InChI is InChI=1S/C29H24Cl2FN3O4S/c30-21-2-1-3-22(31)25(21)26-20(27(39-34-26)14-4-5-14)12-38-18-10-16-9-17(11-18)35(16)29-33-24(13-40-29)19-7-6-15(28(36)37)8-23(19)32/h1-3,6-8,13-14,16-18H,4-5,9-12H2,(H,36,37)/t16-,17?,18?/m1/s1. The van der Waals surface area contributed by atoms with E-state index in [2.05, 4.69) is 10.1 Å².